The van der Waals surface area contributed by atoms with E-state index in [-0.39, 0.29) is 0 Å². The molecule has 2 N–H and O–H groups in total. The molecular formula is C12H11NS2. The Morgan fingerprint density at radius 3 is 2.13 bits per heavy atom. The SMILES string of the molecule is Nc1ccccc1SSc1ccccc1. The normalized spacial score (nSPS) is 10.1. The van der Waals surface area contributed by atoms with E-state index >= 15 is 0 Å². The second-order valence-corrected chi connectivity index (χ2v) is 5.26. The fraction of sp³-hybridized carbons (Fsp3) is 0. The van der Waals surface area contributed by atoms with Gasteiger partial charge in [0.2, 0.25) is 0 Å². The van der Waals surface area contributed by atoms with Gasteiger partial charge in [0, 0.05) is 15.5 Å². The van der Waals surface area contributed by atoms with E-state index in [4.69, 9.17) is 5.73 Å². The number of para-hydroxylation sites is 1. The molecule has 76 valence electrons. The highest BCUT2D eigenvalue weighted by Crippen LogP contribution is 2.39. The van der Waals surface area contributed by atoms with E-state index in [0.29, 0.717) is 0 Å². The van der Waals surface area contributed by atoms with Gasteiger partial charge in [-0.2, -0.15) is 0 Å². The summed E-state index contributed by atoms with van der Waals surface area (Å²) in [5.41, 5.74) is 6.69. The number of nitrogens with two attached hydrogens (primary N) is 1. The molecule has 0 amide bonds. The largest absolute Gasteiger partial charge is 0.398 e. The van der Waals surface area contributed by atoms with Gasteiger partial charge >= 0.3 is 0 Å². The summed E-state index contributed by atoms with van der Waals surface area (Å²) in [7, 11) is 3.42. The lowest BCUT2D eigenvalue weighted by atomic mass is 10.3. The van der Waals surface area contributed by atoms with Crippen LogP contribution in [0.1, 0.15) is 0 Å². The van der Waals surface area contributed by atoms with E-state index in [1.807, 2.05) is 42.5 Å². The smallest absolute Gasteiger partial charge is 0.0461 e. The Morgan fingerprint density at radius 2 is 1.40 bits per heavy atom. The maximum Gasteiger partial charge on any atom is 0.0461 e. The highest BCUT2D eigenvalue weighted by molar-refractivity contribution is 8.76. The standard InChI is InChI=1S/C12H11NS2/c13-11-8-4-5-9-12(11)15-14-10-6-2-1-3-7-10/h1-9H,13H2. The van der Waals surface area contributed by atoms with Crippen molar-refractivity contribution in [2.24, 2.45) is 0 Å². The zero-order valence-corrected chi connectivity index (χ0v) is 9.72. The van der Waals surface area contributed by atoms with Gasteiger partial charge in [-0.15, -0.1) is 0 Å². The summed E-state index contributed by atoms with van der Waals surface area (Å²) < 4.78 is 0. The van der Waals surface area contributed by atoms with E-state index in [1.165, 1.54) is 4.90 Å². The summed E-state index contributed by atoms with van der Waals surface area (Å²) >= 11 is 0. The Balaban J connectivity index is 2.03. The van der Waals surface area contributed by atoms with Gasteiger partial charge in [-0.25, -0.2) is 0 Å². The van der Waals surface area contributed by atoms with Crippen LogP contribution in [0.15, 0.2) is 64.4 Å². The van der Waals surface area contributed by atoms with E-state index in [2.05, 4.69) is 12.1 Å². The van der Waals surface area contributed by atoms with Gasteiger partial charge < -0.3 is 5.73 Å². The maximum absolute atomic E-state index is 5.85. The fourth-order valence-electron chi connectivity index (χ4n) is 1.13. The third-order valence-electron chi connectivity index (χ3n) is 1.89. The number of anilines is 1. The van der Waals surface area contributed by atoms with Gasteiger partial charge in [-0.1, -0.05) is 51.9 Å². The van der Waals surface area contributed by atoms with Crippen LogP contribution in [0.5, 0.6) is 0 Å². The van der Waals surface area contributed by atoms with Gasteiger partial charge in [0.05, 0.1) is 0 Å². The van der Waals surface area contributed by atoms with Crippen LogP contribution in [0.25, 0.3) is 0 Å². The van der Waals surface area contributed by atoms with Gasteiger partial charge in [0.25, 0.3) is 0 Å². The lowest BCUT2D eigenvalue weighted by Gasteiger charge is -2.03. The number of hydrogen-bond donors (Lipinski definition) is 1. The first-order valence-corrected chi connectivity index (χ1v) is 6.75. The minimum absolute atomic E-state index is 0.839. The summed E-state index contributed by atoms with van der Waals surface area (Å²) in [5.74, 6) is 0. The van der Waals surface area contributed by atoms with Crippen molar-refractivity contribution in [3.63, 3.8) is 0 Å². The Hall–Kier alpha value is -1.06. The van der Waals surface area contributed by atoms with Crippen molar-refractivity contribution < 1.29 is 0 Å². The Bertz CT molecular complexity index is 429. The van der Waals surface area contributed by atoms with Gasteiger partial charge in [-0.3, -0.25) is 0 Å². The molecule has 0 saturated heterocycles. The molecule has 0 bridgehead atoms. The minimum atomic E-state index is 0.839. The minimum Gasteiger partial charge on any atom is -0.398 e. The van der Waals surface area contributed by atoms with Crippen LogP contribution >= 0.6 is 21.6 Å². The molecule has 2 aromatic rings. The lowest BCUT2D eigenvalue weighted by molar-refractivity contribution is 1.47. The van der Waals surface area contributed by atoms with E-state index in [1.54, 1.807) is 21.6 Å². The summed E-state index contributed by atoms with van der Waals surface area (Å²) in [5, 5.41) is 0. The van der Waals surface area contributed by atoms with Crippen molar-refractivity contribution in [3.05, 3.63) is 54.6 Å². The molecule has 0 radical (unpaired) electrons. The van der Waals surface area contributed by atoms with Gasteiger partial charge in [-0.05, 0) is 24.3 Å². The summed E-state index contributed by atoms with van der Waals surface area (Å²) in [6.07, 6.45) is 0. The van der Waals surface area contributed by atoms with Crippen molar-refractivity contribution in [3.8, 4) is 0 Å². The molecule has 0 aliphatic rings. The molecule has 0 spiro atoms. The van der Waals surface area contributed by atoms with Gasteiger partial charge in [0.15, 0.2) is 0 Å². The quantitative estimate of drug-likeness (QED) is 0.639. The Morgan fingerprint density at radius 1 is 0.733 bits per heavy atom. The molecule has 0 heterocycles. The van der Waals surface area contributed by atoms with E-state index in [9.17, 15) is 0 Å². The highest BCUT2D eigenvalue weighted by atomic mass is 33.1. The molecule has 1 nitrogen and oxygen atoms in total. The highest BCUT2D eigenvalue weighted by Gasteiger charge is 1.99. The second-order valence-electron chi connectivity index (χ2n) is 3.02. The van der Waals surface area contributed by atoms with Crippen molar-refractivity contribution in [1.82, 2.24) is 0 Å². The van der Waals surface area contributed by atoms with Crippen LogP contribution < -0.4 is 5.73 Å². The monoisotopic (exact) mass is 233 g/mol. The first-order valence-electron chi connectivity index (χ1n) is 4.60. The predicted octanol–water partition coefficient (Wildman–Crippen LogP) is 4.07. The molecule has 0 unspecified atom stereocenters. The molecule has 2 rings (SSSR count). The second kappa shape index (κ2) is 5.14. The zero-order valence-electron chi connectivity index (χ0n) is 8.09. The van der Waals surface area contributed by atoms with E-state index in [0.717, 1.165) is 10.6 Å². The van der Waals surface area contributed by atoms with Gasteiger partial charge in [0.1, 0.15) is 0 Å². The van der Waals surface area contributed by atoms with Crippen LogP contribution in [0.3, 0.4) is 0 Å². The van der Waals surface area contributed by atoms with Crippen molar-refractivity contribution in [1.29, 1.82) is 0 Å². The first kappa shape index (κ1) is 10.5. The Labute approximate surface area is 97.5 Å². The summed E-state index contributed by atoms with van der Waals surface area (Å²) in [6, 6.07) is 18.2. The predicted molar refractivity (Wildman–Crippen MR) is 69.0 cm³/mol. The molecule has 2 aromatic carbocycles. The number of nitrogen functional groups attached to an aromatic ring is 1. The van der Waals surface area contributed by atoms with Crippen LogP contribution in [0, 0.1) is 0 Å². The topological polar surface area (TPSA) is 26.0 Å². The molecule has 0 aromatic heterocycles. The van der Waals surface area contributed by atoms with E-state index < -0.39 is 0 Å². The van der Waals surface area contributed by atoms with Crippen LogP contribution in [0.4, 0.5) is 5.69 Å². The van der Waals surface area contributed by atoms with Crippen LogP contribution in [-0.4, -0.2) is 0 Å². The average Bonchev–Trinajstić information content (AvgIpc) is 2.29. The Kier molecular flexibility index (Phi) is 3.59. The average molecular weight is 233 g/mol. The zero-order chi connectivity index (χ0) is 10.5. The number of benzene rings is 2. The number of hydrogen-bond acceptors (Lipinski definition) is 3. The van der Waals surface area contributed by atoms with Crippen molar-refractivity contribution >= 4 is 27.3 Å². The fourth-order valence-corrected chi connectivity index (χ4v) is 3.22. The first-order chi connectivity index (χ1) is 7.36. The summed E-state index contributed by atoms with van der Waals surface area (Å²) in [4.78, 5) is 2.36. The molecule has 0 atom stereocenters. The summed E-state index contributed by atoms with van der Waals surface area (Å²) in [6.45, 7) is 0. The van der Waals surface area contributed by atoms with Crippen molar-refractivity contribution in [2.75, 3.05) is 5.73 Å². The molecule has 0 aliphatic carbocycles. The number of rotatable bonds is 3. The molecule has 0 saturated carbocycles. The molecule has 15 heavy (non-hydrogen) atoms. The molecule has 0 fully saturated rings. The lowest BCUT2D eigenvalue weighted by Crippen LogP contribution is -1.85. The molecule has 0 aliphatic heterocycles. The third kappa shape index (κ3) is 2.94. The third-order valence-corrected chi connectivity index (χ3v) is 4.36. The van der Waals surface area contributed by atoms with Crippen molar-refractivity contribution in [2.45, 2.75) is 9.79 Å². The molecule has 3 heteroatoms. The molecular weight excluding hydrogens is 222 g/mol. The van der Waals surface area contributed by atoms with Crippen LogP contribution in [-0.2, 0) is 0 Å². The van der Waals surface area contributed by atoms with Crippen LogP contribution in [0.2, 0.25) is 0 Å². The maximum atomic E-state index is 5.85.